The lowest BCUT2D eigenvalue weighted by atomic mass is 9.94. The quantitative estimate of drug-likeness (QED) is 0.195. The lowest BCUT2D eigenvalue weighted by molar-refractivity contribution is 0.620. The molecule has 5 aromatic carbocycles. The second-order valence-electron chi connectivity index (χ2n) is 11.2. The maximum atomic E-state index is 6.23. The number of fused-ring (bicyclic) bond motifs is 5. The van der Waals surface area contributed by atoms with E-state index >= 15 is 0 Å². The van der Waals surface area contributed by atoms with Crippen molar-refractivity contribution >= 4 is 43.8 Å². The molecule has 0 bridgehead atoms. The largest absolute Gasteiger partial charge is 0.436 e. The predicted molar refractivity (Wildman–Crippen MR) is 182 cm³/mol. The monoisotopic (exact) mass is 576 g/mol. The summed E-state index contributed by atoms with van der Waals surface area (Å²) in [7, 11) is 0. The highest BCUT2D eigenvalue weighted by Gasteiger charge is 2.14. The van der Waals surface area contributed by atoms with Crippen LogP contribution in [-0.2, 0) is 0 Å². The Morgan fingerprint density at radius 2 is 1.04 bits per heavy atom. The van der Waals surface area contributed by atoms with E-state index in [4.69, 9.17) is 19.4 Å². The number of pyridine rings is 3. The topological polar surface area (TPSA) is 64.7 Å². The van der Waals surface area contributed by atoms with Crippen LogP contribution in [0.4, 0.5) is 0 Å². The molecule has 9 rings (SSSR count). The second kappa shape index (κ2) is 10.2. The van der Waals surface area contributed by atoms with E-state index in [1.165, 1.54) is 0 Å². The van der Waals surface area contributed by atoms with Crippen LogP contribution in [0.2, 0.25) is 0 Å². The van der Waals surface area contributed by atoms with Crippen molar-refractivity contribution in [3.63, 3.8) is 0 Å². The van der Waals surface area contributed by atoms with Gasteiger partial charge in [-0.15, -0.1) is 0 Å². The third kappa shape index (κ3) is 4.50. The van der Waals surface area contributed by atoms with Crippen molar-refractivity contribution in [3.05, 3.63) is 146 Å². The van der Waals surface area contributed by atoms with Crippen molar-refractivity contribution in [2.24, 2.45) is 0 Å². The molecule has 0 atom stereocenters. The van der Waals surface area contributed by atoms with Gasteiger partial charge in [0.15, 0.2) is 5.58 Å². The third-order valence-electron chi connectivity index (χ3n) is 8.35. The molecule has 45 heavy (non-hydrogen) atoms. The van der Waals surface area contributed by atoms with Gasteiger partial charge in [0.25, 0.3) is 0 Å². The van der Waals surface area contributed by atoms with Gasteiger partial charge in [-0.3, -0.25) is 15.0 Å². The van der Waals surface area contributed by atoms with Crippen LogP contribution < -0.4 is 0 Å². The Balaban J connectivity index is 1.19. The minimum absolute atomic E-state index is 0.587. The Bertz CT molecular complexity index is 2540. The Labute approximate surface area is 258 Å². The van der Waals surface area contributed by atoms with Crippen LogP contribution in [-0.4, -0.2) is 19.9 Å². The van der Waals surface area contributed by atoms with E-state index in [9.17, 15) is 0 Å². The zero-order valence-electron chi connectivity index (χ0n) is 24.1. The average Bonchev–Trinajstić information content (AvgIpc) is 3.56. The van der Waals surface area contributed by atoms with Gasteiger partial charge in [-0.2, -0.15) is 0 Å². The van der Waals surface area contributed by atoms with Crippen LogP contribution in [0, 0.1) is 0 Å². The van der Waals surface area contributed by atoms with Crippen molar-refractivity contribution in [1.82, 2.24) is 19.9 Å². The number of benzene rings is 5. The maximum absolute atomic E-state index is 6.23. The van der Waals surface area contributed by atoms with Crippen molar-refractivity contribution in [2.75, 3.05) is 0 Å². The number of oxazole rings is 1. The molecule has 0 saturated heterocycles. The number of para-hydroxylation sites is 3. The second-order valence-corrected chi connectivity index (χ2v) is 11.2. The Kier molecular flexibility index (Phi) is 5.74. The molecule has 0 aliphatic rings. The molecule has 0 amide bonds. The van der Waals surface area contributed by atoms with E-state index < -0.39 is 0 Å². The maximum Gasteiger partial charge on any atom is 0.227 e. The van der Waals surface area contributed by atoms with E-state index in [0.29, 0.717) is 5.89 Å². The Morgan fingerprint density at radius 1 is 0.400 bits per heavy atom. The average molecular weight is 577 g/mol. The number of hydrogen-bond acceptors (Lipinski definition) is 5. The fourth-order valence-corrected chi connectivity index (χ4v) is 6.08. The van der Waals surface area contributed by atoms with E-state index in [0.717, 1.165) is 82.8 Å². The first kappa shape index (κ1) is 25.3. The summed E-state index contributed by atoms with van der Waals surface area (Å²) >= 11 is 0. The summed E-state index contributed by atoms with van der Waals surface area (Å²) in [6, 6.07) is 43.8. The fourth-order valence-electron chi connectivity index (χ4n) is 6.08. The van der Waals surface area contributed by atoms with Gasteiger partial charge in [0.1, 0.15) is 5.52 Å². The summed E-state index contributed by atoms with van der Waals surface area (Å²) in [6.07, 6.45) is 5.70. The van der Waals surface area contributed by atoms with Gasteiger partial charge >= 0.3 is 0 Å². The van der Waals surface area contributed by atoms with Crippen molar-refractivity contribution < 1.29 is 4.42 Å². The zero-order chi connectivity index (χ0) is 29.7. The van der Waals surface area contributed by atoms with Crippen LogP contribution in [0.5, 0.6) is 0 Å². The Hall–Kier alpha value is -6.20. The molecular formula is C40H24N4O. The molecule has 0 saturated carbocycles. The van der Waals surface area contributed by atoms with E-state index in [2.05, 4.69) is 83.8 Å². The number of nitrogens with zero attached hydrogens (tertiary/aromatic N) is 4. The smallest absolute Gasteiger partial charge is 0.227 e. The first-order valence-corrected chi connectivity index (χ1v) is 14.9. The number of hydrogen-bond donors (Lipinski definition) is 0. The molecule has 9 aromatic rings. The highest BCUT2D eigenvalue weighted by Crippen LogP contribution is 2.36. The first-order valence-electron chi connectivity index (χ1n) is 14.9. The molecular weight excluding hydrogens is 552 g/mol. The SMILES string of the molecule is c1cc(-c2cc(-c3cnc4ccccc4c3)cc(-c3nc4ccccc4o3)c2)cc(-c2cnc3c(ccc4cccnc43)c2)c1. The lowest BCUT2D eigenvalue weighted by Gasteiger charge is -2.11. The molecule has 5 heteroatoms. The molecule has 0 aliphatic carbocycles. The van der Waals surface area contributed by atoms with Crippen LogP contribution in [0.25, 0.3) is 88.6 Å². The van der Waals surface area contributed by atoms with Gasteiger partial charge in [0, 0.05) is 51.4 Å². The number of rotatable bonds is 4. The Morgan fingerprint density at radius 3 is 1.96 bits per heavy atom. The first-order chi connectivity index (χ1) is 22.2. The van der Waals surface area contributed by atoms with Gasteiger partial charge in [-0.25, -0.2) is 4.98 Å². The standard InChI is InChI=1S/C40H24N4O/c1-2-11-35-28(7-1)18-34(23-42-35)31-20-30(21-32(22-31)40-44-36-12-3-4-13-37(36)45-40)26-8-5-9-27(17-26)33-19-29-15-14-25-10-6-16-41-38(25)39(29)43-24-33/h1-24H. The molecule has 0 unspecified atom stereocenters. The molecule has 4 aromatic heterocycles. The predicted octanol–water partition coefficient (Wildman–Crippen LogP) is 10.1. The molecule has 210 valence electrons. The van der Waals surface area contributed by atoms with Gasteiger partial charge < -0.3 is 4.42 Å². The van der Waals surface area contributed by atoms with Crippen molar-refractivity contribution in [2.45, 2.75) is 0 Å². The van der Waals surface area contributed by atoms with E-state index in [1.807, 2.05) is 67.1 Å². The van der Waals surface area contributed by atoms with E-state index in [1.54, 1.807) is 0 Å². The van der Waals surface area contributed by atoms with E-state index in [-0.39, 0.29) is 0 Å². The molecule has 5 nitrogen and oxygen atoms in total. The summed E-state index contributed by atoms with van der Waals surface area (Å²) in [5.41, 5.74) is 11.7. The molecule has 0 spiro atoms. The molecule has 0 N–H and O–H groups in total. The summed E-state index contributed by atoms with van der Waals surface area (Å²) in [4.78, 5) is 19.0. The normalized spacial score (nSPS) is 11.6. The molecule has 0 radical (unpaired) electrons. The van der Waals surface area contributed by atoms with Gasteiger partial charge in [0.2, 0.25) is 5.89 Å². The van der Waals surface area contributed by atoms with Crippen molar-refractivity contribution in [1.29, 1.82) is 0 Å². The van der Waals surface area contributed by atoms with Gasteiger partial charge in [0.05, 0.1) is 16.6 Å². The third-order valence-corrected chi connectivity index (χ3v) is 8.35. The fraction of sp³-hybridized carbons (Fsp3) is 0. The minimum Gasteiger partial charge on any atom is -0.436 e. The molecule has 0 aliphatic heterocycles. The van der Waals surface area contributed by atoms with Crippen molar-refractivity contribution in [3.8, 4) is 44.8 Å². The molecule has 4 heterocycles. The summed E-state index contributed by atoms with van der Waals surface area (Å²) in [5, 5.41) is 3.24. The highest BCUT2D eigenvalue weighted by atomic mass is 16.3. The highest BCUT2D eigenvalue weighted by molar-refractivity contribution is 6.03. The molecule has 0 fully saturated rings. The minimum atomic E-state index is 0.587. The number of aromatic nitrogens is 4. The van der Waals surface area contributed by atoms with Crippen LogP contribution >= 0.6 is 0 Å². The zero-order valence-corrected chi connectivity index (χ0v) is 24.1. The lowest BCUT2D eigenvalue weighted by Crippen LogP contribution is -1.89. The summed E-state index contributed by atoms with van der Waals surface area (Å²) in [5.74, 6) is 0.587. The van der Waals surface area contributed by atoms with Gasteiger partial charge in [-0.1, -0.05) is 66.7 Å². The van der Waals surface area contributed by atoms with Crippen LogP contribution in [0.3, 0.4) is 0 Å². The van der Waals surface area contributed by atoms with Gasteiger partial charge in [-0.05, 0) is 82.9 Å². The summed E-state index contributed by atoms with van der Waals surface area (Å²) < 4.78 is 6.23. The summed E-state index contributed by atoms with van der Waals surface area (Å²) in [6.45, 7) is 0. The van der Waals surface area contributed by atoms with Crippen LogP contribution in [0.1, 0.15) is 0 Å². The van der Waals surface area contributed by atoms with Crippen LogP contribution in [0.15, 0.2) is 150 Å².